The third-order valence-corrected chi connectivity index (χ3v) is 2.51. The number of anilines is 2. The van der Waals surface area contributed by atoms with Crippen molar-refractivity contribution in [3.63, 3.8) is 0 Å². The zero-order chi connectivity index (χ0) is 12.3. The summed E-state index contributed by atoms with van der Waals surface area (Å²) in [4.78, 5) is 7.95. The van der Waals surface area contributed by atoms with Crippen molar-refractivity contribution in [1.29, 1.82) is 5.26 Å². The van der Waals surface area contributed by atoms with Gasteiger partial charge in [-0.1, -0.05) is 23.2 Å². The summed E-state index contributed by atoms with van der Waals surface area (Å²) in [5, 5.41) is 12.7. The summed E-state index contributed by atoms with van der Waals surface area (Å²) in [6.45, 7) is 0. The molecular weight excluding hydrogens is 259 g/mol. The SMILES string of the molecule is N#Cc1ccnc(Nc2cc(Cl)ccc2Cl)n1. The number of rotatable bonds is 2. The zero-order valence-electron chi connectivity index (χ0n) is 8.48. The van der Waals surface area contributed by atoms with Crippen LogP contribution in [0.3, 0.4) is 0 Å². The summed E-state index contributed by atoms with van der Waals surface area (Å²) in [7, 11) is 0. The first-order chi connectivity index (χ1) is 8.19. The number of halogens is 2. The second kappa shape index (κ2) is 5.00. The van der Waals surface area contributed by atoms with Gasteiger partial charge in [0.15, 0.2) is 0 Å². The quantitative estimate of drug-likeness (QED) is 0.903. The van der Waals surface area contributed by atoms with Crippen LogP contribution in [0.1, 0.15) is 5.69 Å². The van der Waals surface area contributed by atoms with Crippen molar-refractivity contribution in [2.45, 2.75) is 0 Å². The lowest BCUT2D eigenvalue weighted by Crippen LogP contribution is -1.98. The summed E-state index contributed by atoms with van der Waals surface area (Å²) >= 11 is 11.8. The minimum absolute atomic E-state index is 0.278. The van der Waals surface area contributed by atoms with Gasteiger partial charge in [-0.15, -0.1) is 0 Å². The van der Waals surface area contributed by atoms with Crippen LogP contribution >= 0.6 is 23.2 Å². The van der Waals surface area contributed by atoms with Crippen LogP contribution in [0.2, 0.25) is 10.0 Å². The lowest BCUT2D eigenvalue weighted by Gasteiger charge is -2.06. The van der Waals surface area contributed by atoms with Gasteiger partial charge in [0, 0.05) is 11.2 Å². The predicted octanol–water partition coefficient (Wildman–Crippen LogP) is 3.40. The molecule has 0 radical (unpaired) electrons. The standard InChI is InChI=1S/C11H6Cl2N4/c12-7-1-2-9(13)10(5-7)17-11-15-4-3-8(6-14)16-11/h1-5H,(H,15,16,17). The fraction of sp³-hybridized carbons (Fsp3) is 0. The largest absolute Gasteiger partial charge is 0.323 e. The number of benzene rings is 1. The smallest absolute Gasteiger partial charge is 0.228 e. The molecule has 1 heterocycles. The lowest BCUT2D eigenvalue weighted by atomic mass is 10.3. The Hall–Kier alpha value is -1.83. The Morgan fingerprint density at radius 3 is 2.82 bits per heavy atom. The molecule has 0 spiro atoms. The Morgan fingerprint density at radius 2 is 2.06 bits per heavy atom. The lowest BCUT2D eigenvalue weighted by molar-refractivity contribution is 1.14. The van der Waals surface area contributed by atoms with Gasteiger partial charge in [0.25, 0.3) is 0 Å². The Bertz CT molecular complexity index is 592. The molecule has 17 heavy (non-hydrogen) atoms. The van der Waals surface area contributed by atoms with Crippen molar-refractivity contribution in [1.82, 2.24) is 9.97 Å². The molecule has 1 aromatic carbocycles. The van der Waals surface area contributed by atoms with Gasteiger partial charge in [0.05, 0.1) is 10.7 Å². The summed E-state index contributed by atoms with van der Waals surface area (Å²) in [5.74, 6) is 0.299. The van der Waals surface area contributed by atoms with Crippen molar-refractivity contribution in [3.8, 4) is 6.07 Å². The van der Waals surface area contributed by atoms with Crippen LogP contribution in [-0.4, -0.2) is 9.97 Å². The average Bonchev–Trinajstić information content (AvgIpc) is 2.34. The fourth-order valence-electron chi connectivity index (χ4n) is 1.19. The average molecular weight is 265 g/mol. The molecular formula is C11H6Cl2N4. The molecule has 0 saturated heterocycles. The normalized spacial score (nSPS) is 9.71. The van der Waals surface area contributed by atoms with Gasteiger partial charge in [-0.25, -0.2) is 9.97 Å². The second-order valence-electron chi connectivity index (χ2n) is 3.13. The minimum Gasteiger partial charge on any atom is -0.323 e. The Balaban J connectivity index is 2.31. The fourth-order valence-corrected chi connectivity index (χ4v) is 1.53. The monoisotopic (exact) mass is 264 g/mol. The van der Waals surface area contributed by atoms with E-state index in [1.54, 1.807) is 18.2 Å². The van der Waals surface area contributed by atoms with E-state index in [0.717, 1.165) is 0 Å². The van der Waals surface area contributed by atoms with E-state index < -0.39 is 0 Å². The maximum Gasteiger partial charge on any atom is 0.228 e. The van der Waals surface area contributed by atoms with Gasteiger partial charge >= 0.3 is 0 Å². The first-order valence-electron chi connectivity index (χ1n) is 4.64. The van der Waals surface area contributed by atoms with E-state index in [1.165, 1.54) is 12.3 Å². The molecule has 2 rings (SSSR count). The molecule has 1 N–H and O–H groups in total. The molecule has 0 saturated carbocycles. The summed E-state index contributed by atoms with van der Waals surface area (Å²) < 4.78 is 0. The van der Waals surface area contributed by atoms with Crippen molar-refractivity contribution in [2.75, 3.05) is 5.32 Å². The van der Waals surface area contributed by atoms with Crippen molar-refractivity contribution in [3.05, 3.63) is 46.2 Å². The number of hydrogen-bond acceptors (Lipinski definition) is 4. The molecule has 0 aliphatic heterocycles. The molecule has 84 valence electrons. The molecule has 2 aromatic rings. The van der Waals surface area contributed by atoms with Crippen molar-refractivity contribution < 1.29 is 0 Å². The number of nitrogens with zero attached hydrogens (tertiary/aromatic N) is 3. The van der Waals surface area contributed by atoms with Gasteiger partial charge in [-0.2, -0.15) is 5.26 Å². The molecule has 0 atom stereocenters. The molecule has 0 bridgehead atoms. The molecule has 0 amide bonds. The summed E-state index contributed by atoms with van der Waals surface area (Å²) in [6, 6.07) is 8.46. The van der Waals surface area contributed by atoms with E-state index >= 15 is 0 Å². The predicted molar refractivity (Wildman–Crippen MR) is 66.5 cm³/mol. The molecule has 0 aliphatic carbocycles. The Morgan fingerprint density at radius 1 is 1.24 bits per heavy atom. The number of nitrogens with one attached hydrogen (secondary N) is 1. The third-order valence-electron chi connectivity index (χ3n) is 1.95. The first-order valence-corrected chi connectivity index (χ1v) is 5.40. The van der Waals surface area contributed by atoms with E-state index in [1.807, 2.05) is 6.07 Å². The summed E-state index contributed by atoms with van der Waals surface area (Å²) in [5.41, 5.74) is 0.870. The van der Waals surface area contributed by atoms with E-state index in [-0.39, 0.29) is 5.69 Å². The molecule has 0 unspecified atom stereocenters. The number of hydrogen-bond donors (Lipinski definition) is 1. The molecule has 0 aliphatic rings. The van der Waals surface area contributed by atoms with E-state index in [4.69, 9.17) is 28.5 Å². The van der Waals surface area contributed by atoms with Gasteiger partial charge in [0.1, 0.15) is 11.8 Å². The van der Waals surface area contributed by atoms with Crippen LogP contribution < -0.4 is 5.32 Å². The van der Waals surface area contributed by atoms with Gasteiger partial charge < -0.3 is 5.32 Å². The molecule has 4 nitrogen and oxygen atoms in total. The van der Waals surface area contributed by atoms with Crippen LogP contribution in [0.5, 0.6) is 0 Å². The highest BCUT2D eigenvalue weighted by molar-refractivity contribution is 6.35. The highest BCUT2D eigenvalue weighted by atomic mass is 35.5. The van der Waals surface area contributed by atoms with Crippen LogP contribution in [-0.2, 0) is 0 Å². The molecule has 1 aromatic heterocycles. The van der Waals surface area contributed by atoms with Gasteiger partial charge in [-0.3, -0.25) is 0 Å². The topological polar surface area (TPSA) is 61.6 Å². The van der Waals surface area contributed by atoms with Gasteiger partial charge in [-0.05, 0) is 24.3 Å². The Kier molecular flexibility index (Phi) is 3.43. The van der Waals surface area contributed by atoms with E-state index in [9.17, 15) is 0 Å². The summed E-state index contributed by atoms with van der Waals surface area (Å²) in [6.07, 6.45) is 1.49. The zero-order valence-corrected chi connectivity index (χ0v) is 10.00. The minimum atomic E-state index is 0.278. The van der Waals surface area contributed by atoms with Crippen LogP contribution in [0, 0.1) is 11.3 Å². The maximum atomic E-state index is 8.71. The second-order valence-corrected chi connectivity index (χ2v) is 3.97. The van der Waals surface area contributed by atoms with Crippen molar-refractivity contribution >= 4 is 34.8 Å². The van der Waals surface area contributed by atoms with Crippen molar-refractivity contribution in [2.24, 2.45) is 0 Å². The van der Waals surface area contributed by atoms with Crippen LogP contribution in [0.25, 0.3) is 0 Å². The van der Waals surface area contributed by atoms with Crippen LogP contribution in [0.15, 0.2) is 30.5 Å². The number of nitriles is 1. The molecule has 0 fully saturated rings. The Labute approximate surface area is 108 Å². The maximum absolute atomic E-state index is 8.71. The first kappa shape index (κ1) is 11.6. The van der Waals surface area contributed by atoms with E-state index in [0.29, 0.717) is 21.7 Å². The third kappa shape index (κ3) is 2.84. The van der Waals surface area contributed by atoms with Crippen LogP contribution in [0.4, 0.5) is 11.6 Å². The number of aromatic nitrogens is 2. The van der Waals surface area contributed by atoms with E-state index in [2.05, 4.69) is 15.3 Å². The van der Waals surface area contributed by atoms with Gasteiger partial charge in [0.2, 0.25) is 5.95 Å². The highest BCUT2D eigenvalue weighted by Crippen LogP contribution is 2.27. The molecule has 6 heteroatoms. The highest BCUT2D eigenvalue weighted by Gasteiger charge is 2.04.